The maximum atomic E-state index is 3.50. The second kappa shape index (κ2) is 15.3. The lowest BCUT2D eigenvalue weighted by Crippen LogP contribution is -2.32. The maximum Gasteiger partial charge on any atom is 0.00762 e. The van der Waals surface area contributed by atoms with Gasteiger partial charge in [-0.05, 0) is 39.5 Å². The Labute approximate surface area is 128 Å². The van der Waals surface area contributed by atoms with E-state index in [9.17, 15) is 0 Å². The van der Waals surface area contributed by atoms with Crippen LogP contribution in [0.25, 0.3) is 0 Å². The molecule has 2 heteroatoms. The molecule has 2 nitrogen and oxygen atoms in total. The number of nitrogens with zero attached hydrogens (tertiary/aromatic N) is 1. The molecule has 0 aromatic carbocycles. The van der Waals surface area contributed by atoms with Crippen molar-refractivity contribution < 1.29 is 0 Å². The Balaban J connectivity index is 3.45. The number of hydrogen-bond acceptors (Lipinski definition) is 2. The van der Waals surface area contributed by atoms with Crippen molar-refractivity contribution in [3.63, 3.8) is 0 Å². The van der Waals surface area contributed by atoms with Crippen LogP contribution >= 0.6 is 0 Å². The van der Waals surface area contributed by atoms with Crippen LogP contribution in [0.1, 0.15) is 85.0 Å². The van der Waals surface area contributed by atoms with E-state index < -0.39 is 0 Å². The molecule has 1 atom stereocenters. The Morgan fingerprint density at radius 3 is 1.80 bits per heavy atom. The second-order valence-electron chi connectivity index (χ2n) is 6.06. The maximum absolute atomic E-state index is 3.50. The lowest BCUT2D eigenvalue weighted by Gasteiger charge is -2.22. The molecule has 0 radical (unpaired) electrons. The van der Waals surface area contributed by atoms with Gasteiger partial charge in [-0.3, -0.25) is 0 Å². The molecule has 0 bridgehead atoms. The van der Waals surface area contributed by atoms with Gasteiger partial charge in [-0.1, -0.05) is 72.1 Å². The van der Waals surface area contributed by atoms with Crippen molar-refractivity contribution in [1.29, 1.82) is 0 Å². The van der Waals surface area contributed by atoms with Crippen LogP contribution in [0.3, 0.4) is 0 Å². The molecule has 0 aromatic rings. The number of unbranched alkanes of at least 4 members (excludes halogenated alkanes) is 7. The third kappa shape index (κ3) is 11.7. The van der Waals surface area contributed by atoms with Crippen LogP contribution in [0.2, 0.25) is 0 Å². The zero-order valence-electron chi connectivity index (χ0n) is 14.7. The van der Waals surface area contributed by atoms with Gasteiger partial charge in [0, 0.05) is 6.04 Å². The van der Waals surface area contributed by atoms with E-state index in [0.717, 1.165) is 6.04 Å². The molecule has 0 spiro atoms. The first-order valence-corrected chi connectivity index (χ1v) is 9.18. The first-order chi connectivity index (χ1) is 9.78. The van der Waals surface area contributed by atoms with Crippen LogP contribution < -0.4 is 5.32 Å². The molecule has 0 rings (SSSR count). The standard InChI is InChI=1S/C18H40N2/c1-5-8-9-10-11-12-13-14-15-18(19-4)16-17-20(6-2)7-3/h18-19H,5-17H2,1-4H3. The van der Waals surface area contributed by atoms with Crippen molar-refractivity contribution in [3.05, 3.63) is 0 Å². The second-order valence-corrected chi connectivity index (χ2v) is 6.06. The Bertz CT molecular complexity index is 178. The summed E-state index contributed by atoms with van der Waals surface area (Å²) in [5, 5.41) is 3.50. The van der Waals surface area contributed by atoms with Gasteiger partial charge in [0.2, 0.25) is 0 Å². The van der Waals surface area contributed by atoms with Crippen LogP contribution in [-0.4, -0.2) is 37.6 Å². The van der Waals surface area contributed by atoms with Gasteiger partial charge in [0.1, 0.15) is 0 Å². The minimum Gasteiger partial charge on any atom is -0.317 e. The Hall–Kier alpha value is -0.0800. The van der Waals surface area contributed by atoms with E-state index in [-0.39, 0.29) is 0 Å². The zero-order chi connectivity index (χ0) is 15.1. The largest absolute Gasteiger partial charge is 0.317 e. The predicted octanol–water partition coefficient (Wildman–Crippen LogP) is 4.84. The van der Waals surface area contributed by atoms with E-state index in [2.05, 4.69) is 38.0 Å². The van der Waals surface area contributed by atoms with Crippen molar-refractivity contribution in [3.8, 4) is 0 Å². The van der Waals surface area contributed by atoms with E-state index >= 15 is 0 Å². The Kier molecular flexibility index (Phi) is 15.3. The fourth-order valence-corrected chi connectivity index (χ4v) is 2.84. The summed E-state index contributed by atoms with van der Waals surface area (Å²) < 4.78 is 0. The highest BCUT2D eigenvalue weighted by Gasteiger charge is 2.07. The van der Waals surface area contributed by atoms with E-state index in [1.54, 1.807) is 0 Å². The summed E-state index contributed by atoms with van der Waals surface area (Å²) in [7, 11) is 2.12. The monoisotopic (exact) mass is 284 g/mol. The van der Waals surface area contributed by atoms with Crippen LogP contribution in [0.15, 0.2) is 0 Å². The average Bonchev–Trinajstić information content (AvgIpc) is 2.48. The number of nitrogens with one attached hydrogen (secondary N) is 1. The van der Waals surface area contributed by atoms with Crippen LogP contribution in [-0.2, 0) is 0 Å². The molecule has 0 amide bonds. The molecule has 0 aromatic heterocycles. The average molecular weight is 285 g/mol. The van der Waals surface area contributed by atoms with Gasteiger partial charge in [-0.25, -0.2) is 0 Å². The lowest BCUT2D eigenvalue weighted by atomic mass is 10.0. The summed E-state index contributed by atoms with van der Waals surface area (Å²) in [6, 6.07) is 0.718. The van der Waals surface area contributed by atoms with E-state index in [1.807, 2.05) is 0 Å². The predicted molar refractivity (Wildman–Crippen MR) is 92.5 cm³/mol. The fourth-order valence-electron chi connectivity index (χ4n) is 2.84. The smallest absolute Gasteiger partial charge is 0.00762 e. The van der Waals surface area contributed by atoms with Crippen LogP contribution in [0.4, 0.5) is 0 Å². The molecule has 0 saturated carbocycles. The molecular weight excluding hydrogens is 244 g/mol. The Morgan fingerprint density at radius 2 is 1.30 bits per heavy atom. The number of rotatable bonds is 15. The highest BCUT2D eigenvalue weighted by molar-refractivity contribution is 4.67. The molecule has 0 heterocycles. The number of hydrogen-bond donors (Lipinski definition) is 1. The molecule has 0 aliphatic heterocycles. The zero-order valence-corrected chi connectivity index (χ0v) is 14.7. The van der Waals surface area contributed by atoms with Gasteiger partial charge in [-0.15, -0.1) is 0 Å². The minimum absolute atomic E-state index is 0.718. The van der Waals surface area contributed by atoms with Crippen molar-refractivity contribution in [2.24, 2.45) is 0 Å². The fraction of sp³-hybridized carbons (Fsp3) is 1.00. The van der Waals surface area contributed by atoms with Gasteiger partial charge in [0.05, 0.1) is 0 Å². The molecule has 0 saturated heterocycles. The summed E-state index contributed by atoms with van der Waals surface area (Å²) in [6.07, 6.45) is 14.0. The van der Waals surface area contributed by atoms with Crippen molar-refractivity contribution >= 4 is 0 Å². The van der Waals surface area contributed by atoms with Gasteiger partial charge in [0.15, 0.2) is 0 Å². The summed E-state index contributed by atoms with van der Waals surface area (Å²) >= 11 is 0. The molecule has 122 valence electrons. The first kappa shape index (κ1) is 19.9. The van der Waals surface area contributed by atoms with Gasteiger partial charge >= 0.3 is 0 Å². The third-order valence-electron chi connectivity index (χ3n) is 4.50. The highest BCUT2D eigenvalue weighted by Crippen LogP contribution is 2.12. The summed E-state index contributed by atoms with van der Waals surface area (Å²) in [5.41, 5.74) is 0. The molecular formula is C18H40N2. The molecule has 20 heavy (non-hydrogen) atoms. The lowest BCUT2D eigenvalue weighted by molar-refractivity contribution is 0.279. The van der Waals surface area contributed by atoms with Crippen LogP contribution in [0.5, 0.6) is 0 Å². The third-order valence-corrected chi connectivity index (χ3v) is 4.50. The van der Waals surface area contributed by atoms with E-state index in [1.165, 1.54) is 83.8 Å². The summed E-state index contributed by atoms with van der Waals surface area (Å²) in [6.45, 7) is 10.4. The first-order valence-electron chi connectivity index (χ1n) is 9.18. The van der Waals surface area contributed by atoms with Crippen molar-refractivity contribution in [1.82, 2.24) is 10.2 Å². The van der Waals surface area contributed by atoms with Gasteiger partial charge < -0.3 is 10.2 Å². The molecule has 1 unspecified atom stereocenters. The summed E-state index contributed by atoms with van der Waals surface area (Å²) in [4.78, 5) is 2.53. The molecule has 0 aliphatic carbocycles. The molecule has 1 N–H and O–H groups in total. The van der Waals surface area contributed by atoms with Crippen LogP contribution in [0, 0.1) is 0 Å². The molecule has 0 aliphatic rings. The van der Waals surface area contributed by atoms with Gasteiger partial charge in [-0.2, -0.15) is 0 Å². The topological polar surface area (TPSA) is 15.3 Å². The normalized spacial score (nSPS) is 13.1. The van der Waals surface area contributed by atoms with Crippen molar-refractivity contribution in [2.75, 3.05) is 26.7 Å². The van der Waals surface area contributed by atoms with Gasteiger partial charge in [0.25, 0.3) is 0 Å². The van der Waals surface area contributed by atoms with E-state index in [0.29, 0.717) is 0 Å². The summed E-state index contributed by atoms with van der Waals surface area (Å²) in [5.74, 6) is 0. The Morgan fingerprint density at radius 1 is 0.750 bits per heavy atom. The minimum atomic E-state index is 0.718. The quantitative estimate of drug-likeness (QED) is 0.433. The van der Waals surface area contributed by atoms with E-state index in [4.69, 9.17) is 0 Å². The molecule has 0 fully saturated rings. The van der Waals surface area contributed by atoms with Crippen molar-refractivity contribution in [2.45, 2.75) is 91.0 Å². The highest BCUT2D eigenvalue weighted by atomic mass is 15.1. The SMILES string of the molecule is CCCCCCCCCCC(CCN(CC)CC)NC.